The Morgan fingerprint density at radius 3 is 2.24 bits per heavy atom. The van der Waals surface area contributed by atoms with Crippen LogP contribution in [0, 0.1) is 5.92 Å². The first kappa shape index (κ1) is 24.1. The first-order valence-electron chi connectivity index (χ1n) is 9.84. The number of hydrogen-bond acceptors (Lipinski definition) is 3. The molecule has 1 saturated heterocycles. The standard InChI is InChI=1S/C22H27NO4S.Na.H/c24-21(25)15-9-2-6-12-19-16-17-23(22(19)18-10-4-1-5-11-18)28(26,27)20-13-7-3-8-14-20;;/h1,3-5,7-8,10-11,13-14,19,22H,2,6,9,12,15-17H2,(H,24,25);;/q;+1;-1. The molecule has 5 nitrogen and oxygen atoms in total. The van der Waals surface area contributed by atoms with E-state index in [9.17, 15) is 13.2 Å². The van der Waals surface area contributed by atoms with Crippen LogP contribution in [0.3, 0.4) is 0 Å². The molecular formula is C22H28NNaO4S. The maximum absolute atomic E-state index is 13.3. The van der Waals surface area contributed by atoms with Gasteiger partial charge in [-0.2, -0.15) is 4.31 Å². The Labute approximate surface area is 197 Å². The Hall–Kier alpha value is -1.18. The van der Waals surface area contributed by atoms with Crippen LogP contribution >= 0.6 is 0 Å². The maximum Gasteiger partial charge on any atom is 1.00 e. The monoisotopic (exact) mass is 425 g/mol. The molecule has 2 aromatic rings. The summed E-state index contributed by atoms with van der Waals surface area (Å²) in [5.41, 5.74) is 1.02. The van der Waals surface area contributed by atoms with Gasteiger partial charge in [-0.15, -0.1) is 0 Å². The Morgan fingerprint density at radius 1 is 1.00 bits per heavy atom. The van der Waals surface area contributed by atoms with E-state index in [1.807, 2.05) is 36.4 Å². The average Bonchev–Trinajstić information content (AvgIpc) is 3.13. The van der Waals surface area contributed by atoms with Gasteiger partial charge in [-0.3, -0.25) is 4.79 Å². The fourth-order valence-electron chi connectivity index (χ4n) is 4.07. The number of carboxylic acid groups (broad SMARTS) is 1. The molecule has 0 saturated carbocycles. The second kappa shape index (κ2) is 11.3. The molecule has 1 aliphatic heterocycles. The number of benzene rings is 2. The van der Waals surface area contributed by atoms with Crippen LogP contribution in [0.1, 0.15) is 51.6 Å². The van der Waals surface area contributed by atoms with Crippen molar-refractivity contribution in [3.05, 3.63) is 66.2 Å². The minimum atomic E-state index is -3.56. The van der Waals surface area contributed by atoms with Crippen molar-refractivity contribution < 1.29 is 49.3 Å². The minimum absolute atomic E-state index is 0. The normalized spacial score (nSPS) is 19.6. The van der Waals surface area contributed by atoms with Gasteiger partial charge in [0.15, 0.2) is 0 Å². The molecule has 0 aliphatic carbocycles. The summed E-state index contributed by atoms with van der Waals surface area (Å²) in [7, 11) is -3.56. The zero-order valence-corrected chi connectivity index (χ0v) is 19.7. The molecule has 1 fully saturated rings. The van der Waals surface area contributed by atoms with Crippen LogP contribution in [0.15, 0.2) is 65.6 Å². The van der Waals surface area contributed by atoms with Crippen LogP contribution in [0.4, 0.5) is 0 Å². The molecule has 2 aromatic carbocycles. The van der Waals surface area contributed by atoms with Crippen molar-refractivity contribution in [3.8, 4) is 0 Å². The van der Waals surface area contributed by atoms with E-state index in [2.05, 4.69) is 0 Å². The van der Waals surface area contributed by atoms with Gasteiger partial charge in [-0.25, -0.2) is 8.42 Å². The molecule has 0 aromatic heterocycles. The SMILES string of the molecule is O=C(O)CCCCCC1CCN(S(=O)(=O)c2ccccc2)C1c1ccccc1.[H-].[Na+]. The van der Waals surface area contributed by atoms with Crippen LogP contribution in [0.5, 0.6) is 0 Å². The number of hydrogen-bond donors (Lipinski definition) is 1. The van der Waals surface area contributed by atoms with Crippen molar-refractivity contribution in [2.75, 3.05) is 6.54 Å². The topological polar surface area (TPSA) is 74.7 Å². The number of rotatable bonds is 9. The molecule has 3 rings (SSSR count). The van der Waals surface area contributed by atoms with E-state index in [0.29, 0.717) is 17.9 Å². The second-order valence-corrected chi connectivity index (χ2v) is 9.22. The van der Waals surface area contributed by atoms with Gasteiger partial charge in [0, 0.05) is 13.0 Å². The van der Waals surface area contributed by atoms with Gasteiger partial charge in [0.2, 0.25) is 10.0 Å². The third-order valence-electron chi connectivity index (χ3n) is 5.43. The summed E-state index contributed by atoms with van der Waals surface area (Å²) in [4.78, 5) is 11.0. The summed E-state index contributed by atoms with van der Waals surface area (Å²) >= 11 is 0. The van der Waals surface area contributed by atoms with Gasteiger partial charge in [-0.05, 0) is 42.9 Å². The third kappa shape index (κ3) is 6.15. The van der Waals surface area contributed by atoms with Crippen LogP contribution < -0.4 is 29.6 Å². The smallest absolute Gasteiger partial charge is 1.00 e. The van der Waals surface area contributed by atoms with Crippen molar-refractivity contribution >= 4 is 16.0 Å². The summed E-state index contributed by atoms with van der Waals surface area (Å²) in [5.74, 6) is -0.520. The third-order valence-corrected chi connectivity index (χ3v) is 7.33. The molecule has 0 amide bonds. The van der Waals surface area contributed by atoms with Crippen molar-refractivity contribution in [2.24, 2.45) is 5.92 Å². The van der Waals surface area contributed by atoms with Crippen LogP contribution in [-0.2, 0) is 14.8 Å². The number of nitrogens with zero attached hydrogens (tertiary/aromatic N) is 1. The fraction of sp³-hybridized carbons (Fsp3) is 0.409. The van der Waals surface area contributed by atoms with E-state index >= 15 is 0 Å². The van der Waals surface area contributed by atoms with Gasteiger partial charge in [0.05, 0.1) is 10.9 Å². The first-order valence-corrected chi connectivity index (χ1v) is 11.3. The Bertz CT molecular complexity index is 881. The summed E-state index contributed by atoms with van der Waals surface area (Å²) in [5, 5.41) is 8.77. The van der Waals surface area contributed by atoms with E-state index in [-0.39, 0.29) is 49.4 Å². The molecule has 152 valence electrons. The van der Waals surface area contributed by atoms with Gasteiger partial charge in [0.25, 0.3) is 0 Å². The summed E-state index contributed by atoms with van der Waals surface area (Å²) < 4.78 is 28.2. The molecule has 0 spiro atoms. The van der Waals surface area contributed by atoms with E-state index < -0.39 is 16.0 Å². The van der Waals surface area contributed by atoms with Crippen molar-refractivity contribution in [3.63, 3.8) is 0 Å². The molecule has 1 aliphatic rings. The Balaban J connectivity index is 0.00000225. The summed E-state index contributed by atoms with van der Waals surface area (Å²) in [6, 6.07) is 18.3. The molecule has 0 bridgehead atoms. The predicted octanol–water partition coefficient (Wildman–Crippen LogP) is 1.59. The van der Waals surface area contributed by atoms with E-state index in [0.717, 1.165) is 31.2 Å². The largest absolute Gasteiger partial charge is 1.00 e. The van der Waals surface area contributed by atoms with Crippen molar-refractivity contribution in [1.82, 2.24) is 4.31 Å². The number of aliphatic carboxylic acids is 1. The number of carboxylic acids is 1. The van der Waals surface area contributed by atoms with E-state index in [1.54, 1.807) is 28.6 Å². The summed E-state index contributed by atoms with van der Waals surface area (Å²) in [6.45, 7) is 0.510. The minimum Gasteiger partial charge on any atom is -1.00 e. The Kier molecular flexibility index (Phi) is 9.37. The van der Waals surface area contributed by atoms with Crippen LogP contribution in [0.2, 0.25) is 0 Å². The molecule has 1 N–H and O–H groups in total. The van der Waals surface area contributed by atoms with Crippen LogP contribution in [-0.4, -0.2) is 30.3 Å². The average molecular weight is 426 g/mol. The predicted molar refractivity (Wildman–Crippen MR) is 109 cm³/mol. The van der Waals surface area contributed by atoms with Crippen LogP contribution in [0.25, 0.3) is 0 Å². The fourth-order valence-corrected chi connectivity index (χ4v) is 5.78. The molecular weight excluding hydrogens is 397 g/mol. The molecule has 2 unspecified atom stereocenters. The molecule has 29 heavy (non-hydrogen) atoms. The molecule has 2 atom stereocenters. The zero-order chi connectivity index (χ0) is 20.0. The molecule has 7 heteroatoms. The number of unbranched alkanes of at least 4 members (excludes halogenated alkanes) is 2. The van der Waals surface area contributed by atoms with Gasteiger partial charge >= 0.3 is 35.5 Å². The summed E-state index contributed by atoms with van der Waals surface area (Å²) in [6.07, 6.45) is 4.37. The maximum atomic E-state index is 13.3. The Morgan fingerprint density at radius 2 is 1.62 bits per heavy atom. The second-order valence-electron chi connectivity index (χ2n) is 7.33. The number of sulfonamides is 1. The van der Waals surface area contributed by atoms with Gasteiger partial charge in [-0.1, -0.05) is 61.4 Å². The number of carbonyl (C=O) groups is 1. The van der Waals surface area contributed by atoms with Crippen molar-refractivity contribution in [2.45, 2.75) is 49.5 Å². The van der Waals surface area contributed by atoms with Gasteiger partial charge < -0.3 is 6.53 Å². The van der Waals surface area contributed by atoms with Gasteiger partial charge in [0.1, 0.15) is 0 Å². The van der Waals surface area contributed by atoms with E-state index in [1.165, 1.54) is 0 Å². The van der Waals surface area contributed by atoms with E-state index in [4.69, 9.17) is 5.11 Å². The molecule has 0 radical (unpaired) electrons. The first-order chi connectivity index (χ1) is 13.5. The zero-order valence-electron chi connectivity index (χ0n) is 17.9. The quantitative estimate of drug-likeness (QED) is 0.489. The van der Waals surface area contributed by atoms with Crippen molar-refractivity contribution in [1.29, 1.82) is 0 Å². The molecule has 1 heterocycles.